The van der Waals surface area contributed by atoms with E-state index >= 15 is 0 Å². The van der Waals surface area contributed by atoms with Crippen molar-refractivity contribution in [2.75, 3.05) is 0 Å². The minimum Gasteiger partial charge on any atom is -0.274 e. The highest BCUT2D eigenvalue weighted by atomic mass is 35.5. The van der Waals surface area contributed by atoms with E-state index < -0.39 is 0 Å². The summed E-state index contributed by atoms with van der Waals surface area (Å²) in [5.74, 6) is -1.32. The Morgan fingerprint density at radius 2 is 0.567 bits per heavy atom. The summed E-state index contributed by atoms with van der Waals surface area (Å²) in [6, 6.07) is 43.4. The lowest BCUT2D eigenvalue weighted by Gasteiger charge is -2.27. The van der Waals surface area contributed by atoms with Crippen LogP contribution in [0.1, 0.15) is 64.5 Å². The molecule has 6 amide bonds. The monoisotopic (exact) mass is 855 g/mol. The molecule has 300 valence electrons. The first-order valence-corrected chi connectivity index (χ1v) is 20.1. The molecule has 0 aromatic heterocycles. The van der Waals surface area contributed by atoms with Crippen molar-refractivity contribution in [2.45, 2.75) is 38.9 Å². The van der Waals surface area contributed by atoms with Crippen molar-refractivity contribution in [3.8, 4) is 0 Å². The van der Waals surface area contributed by atoms with Crippen LogP contribution in [0.5, 0.6) is 0 Å². The number of carbonyl (C=O) groups excluding carboxylic acids is 6. The standard InChI is InChI=1S/3C16H12ClNO2/c3*17-14-8-4-2-6-12(14)10-18-15(19)9-11-5-1-3-7-13(11)16(18)20/h3*1-8H,9-10H2. The van der Waals surface area contributed by atoms with Gasteiger partial charge < -0.3 is 0 Å². The fourth-order valence-corrected chi connectivity index (χ4v) is 7.66. The molecule has 3 aliphatic heterocycles. The van der Waals surface area contributed by atoms with Crippen LogP contribution in [-0.4, -0.2) is 50.1 Å². The SMILES string of the molecule is O=C1Cc2ccccc2C(=O)N1Cc1ccccc1Cl.O=C1Cc2ccccc2C(=O)N1Cc1ccccc1Cl.O=C1Cc2ccccc2C(=O)N1Cc1ccccc1Cl. The van der Waals surface area contributed by atoms with Gasteiger partial charge in [-0.3, -0.25) is 43.5 Å². The number of hydrogen-bond acceptors (Lipinski definition) is 6. The molecule has 0 saturated heterocycles. The van der Waals surface area contributed by atoms with Crippen molar-refractivity contribution < 1.29 is 28.8 Å². The van der Waals surface area contributed by atoms with Gasteiger partial charge >= 0.3 is 0 Å². The molecule has 60 heavy (non-hydrogen) atoms. The zero-order chi connectivity index (χ0) is 42.3. The number of benzene rings is 6. The van der Waals surface area contributed by atoms with E-state index in [1.165, 1.54) is 14.7 Å². The van der Waals surface area contributed by atoms with Gasteiger partial charge in [0.1, 0.15) is 0 Å². The van der Waals surface area contributed by atoms with E-state index in [1.54, 1.807) is 54.6 Å². The normalized spacial score (nSPS) is 14.3. The molecule has 0 N–H and O–H groups in total. The smallest absolute Gasteiger partial charge is 0.261 e. The predicted molar refractivity (Wildman–Crippen MR) is 229 cm³/mol. The highest BCUT2D eigenvalue weighted by Gasteiger charge is 2.33. The number of carbonyl (C=O) groups is 6. The average molecular weight is 857 g/mol. The topological polar surface area (TPSA) is 112 Å². The number of amides is 6. The second kappa shape index (κ2) is 18.7. The third-order valence-corrected chi connectivity index (χ3v) is 11.4. The zero-order valence-electron chi connectivity index (χ0n) is 32.0. The first kappa shape index (κ1) is 41.8. The van der Waals surface area contributed by atoms with Gasteiger partial charge in [-0.2, -0.15) is 0 Å². The van der Waals surface area contributed by atoms with Crippen molar-refractivity contribution in [1.29, 1.82) is 0 Å². The van der Waals surface area contributed by atoms with Gasteiger partial charge in [-0.25, -0.2) is 0 Å². The second-order valence-corrected chi connectivity index (χ2v) is 15.4. The maximum absolute atomic E-state index is 12.4. The summed E-state index contributed by atoms with van der Waals surface area (Å²) in [5, 5.41) is 1.69. The van der Waals surface area contributed by atoms with Crippen LogP contribution >= 0.6 is 34.8 Å². The Kier molecular flexibility index (Phi) is 13.0. The van der Waals surface area contributed by atoms with Gasteiger partial charge in [0.15, 0.2) is 0 Å². The van der Waals surface area contributed by atoms with Crippen molar-refractivity contribution >= 4 is 70.2 Å². The molecule has 0 aliphatic carbocycles. The molecule has 6 aromatic rings. The molecular weight excluding hydrogens is 821 g/mol. The van der Waals surface area contributed by atoms with E-state index in [9.17, 15) is 28.8 Å². The van der Waals surface area contributed by atoms with Crippen molar-refractivity contribution in [3.05, 3.63) is 211 Å². The lowest BCUT2D eigenvalue weighted by molar-refractivity contribution is -0.129. The number of hydrogen-bond donors (Lipinski definition) is 0. The largest absolute Gasteiger partial charge is 0.274 e. The number of imide groups is 3. The molecule has 6 aromatic carbocycles. The van der Waals surface area contributed by atoms with Crippen LogP contribution in [0.2, 0.25) is 15.1 Å². The van der Waals surface area contributed by atoms with E-state index in [0.29, 0.717) is 31.8 Å². The van der Waals surface area contributed by atoms with Crippen LogP contribution in [-0.2, 0) is 53.3 Å². The van der Waals surface area contributed by atoms with Crippen LogP contribution < -0.4 is 0 Å². The Labute approximate surface area is 361 Å². The molecule has 0 spiro atoms. The Hall–Kier alpha value is -6.39. The minimum atomic E-state index is -0.253. The molecule has 3 aliphatic rings. The zero-order valence-corrected chi connectivity index (χ0v) is 34.3. The summed E-state index contributed by atoms with van der Waals surface area (Å²) >= 11 is 18.3. The van der Waals surface area contributed by atoms with Gasteiger partial charge in [0, 0.05) is 31.8 Å². The van der Waals surface area contributed by atoms with Crippen LogP contribution in [0.25, 0.3) is 0 Å². The number of halogens is 3. The van der Waals surface area contributed by atoms with Crippen molar-refractivity contribution in [1.82, 2.24) is 14.7 Å². The summed E-state index contributed by atoms with van der Waals surface area (Å²) in [4.78, 5) is 77.5. The summed E-state index contributed by atoms with van der Waals surface area (Å²) < 4.78 is 0. The maximum Gasteiger partial charge on any atom is 0.261 e. The summed E-state index contributed by atoms with van der Waals surface area (Å²) in [7, 11) is 0. The van der Waals surface area contributed by atoms with E-state index in [-0.39, 0.29) is 74.3 Å². The van der Waals surface area contributed by atoms with Crippen LogP contribution in [0.3, 0.4) is 0 Å². The molecule has 0 saturated carbocycles. The molecule has 12 heteroatoms. The Morgan fingerprint density at radius 3 is 0.833 bits per heavy atom. The van der Waals surface area contributed by atoms with Gasteiger partial charge in [0.25, 0.3) is 17.7 Å². The molecule has 0 radical (unpaired) electrons. The van der Waals surface area contributed by atoms with E-state index in [1.807, 2.05) is 91.0 Å². The van der Waals surface area contributed by atoms with Crippen molar-refractivity contribution in [3.63, 3.8) is 0 Å². The van der Waals surface area contributed by atoms with Gasteiger partial charge in [-0.05, 0) is 69.8 Å². The van der Waals surface area contributed by atoms with E-state index in [0.717, 1.165) is 33.4 Å². The molecular formula is C48H36Cl3N3O6. The third kappa shape index (κ3) is 9.24. The van der Waals surface area contributed by atoms with Gasteiger partial charge in [0.05, 0.1) is 38.9 Å². The Balaban J connectivity index is 0.000000136. The maximum atomic E-state index is 12.4. The molecule has 0 unspecified atom stereocenters. The second-order valence-electron chi connectivity index (χ2n) is 14.1. The average Bonchev–Trinajstić information content (AvgIpc) is 3.25. The van der Waals surface area contributed by atoms with Crippen molar-refractivity contribution in [2.24, 2.45) is 0 Å². The fraction of sp³-hybridized carbons (Fsp3) is 0.125. The summed E-state index contributed by atoms with van der Waals surface area (Å²) in [5.41, 5.74) is 6.48. The van der Waals surface area contributed by atoms with Gasteiger partial charge in [0.2, 0.25) is 17.7 Å². The van der Waals surface area contributed by atoms with Crippen LogP contribution in [0.4, 0.5) is 0 Å². The number of nitrogens with zero attached hydrogens (tertiary/aromatic N) is 3. The molecule has 3 heterocycles. The predicted octanol–water partition coefficient (Wildman–Crippen LogP) is 9.20. The lowest BCUT2D eigenvalue weighted by atomic mass is 9.98. The highest BCUT2D eigenvalue weighted by molar-refractivity contribution is 6.32. The summed E-state index contributed by atoms with van der Waals surface area (Å²) in [6.07, 6.45) is 0.769. The molecule has 0 fully saturated rings. The van der Waals surface area contributed by atoms with Crippen LogP contribution in [0.15, 0.2) is 146 Å². The number of rotatable bonds is 6. The van der Waals surface area contributed by atoms with Gasteiger partial charge in [-0.1, -0.05) is 144 Å². The Morgan fingerprint density at radius 1 is 0.333 bits per heavy atom. The third-order valence-electron chi connectivity index (χ3n) is 10.3. The molecule has 9 nitrogen and oxygen atoms in total. The van der Waals surface area contributed by atoms with E-state index in [2.05, 4.69) is 0 Å². The Bertz CT molecular complexity index is 2380. The first-order valence-electron chi connectivity index (χ1n) is 19.0. The van der Waals surface area contributed by atoms with E-state index in [4.69, 9.17) is 34.8 Å². The fourth-order valence-electron chi connectivity index (χ4n) is 7.07. The minimum absolute atomic E-state index is 0.186. The lowest BCUT2D eigenvalue weighted by Crippen LogP contribution is -2.41. The van der Waals surface area contributed by atoms with Gasteiger partial charge in [-0.15, -0.1) is 0 Å². The van der Waals surface area contributed by atoms with Crippen LogP contribution in [0, 0.1) is 0 Å². The quantitative estimate of drug-likeness (QED) is 0.155. The highest BCUT2D eigenvalue weighted by Crippen LogP contribution is 2.27. The molecule has 9 rings (SSSR count). The first-order chi connectivity index (χ1) is 29.0. The molecule has 0 atom stereocenters. The summed E-state index contributed by atoms with van der Waals surface area (Å²) in [6.45, 7) is 0.642. The molecule has 0 bridgehead atoms. The number of fused-ring (bicyclic) bond motifs is 3.